The summed E-state index contributed by atoms with van der Waals surface area (Å²) in [5, 5.41) is 13.0. The molecule has 0 amide bonds. The first-order valence-corrected chi connectivity index (χ1v) is 6.50. The molecule has 0 aromatic heterocycles. The molecule has 0 aromatic rings. The SMILES string of the molecule is CC(C)CNCC(C)(C)CN1CCC(O)C1. The molecule has 3 nitrogen and oxygen atoms in total. The minimum Gasteiger partial charge on any atom is -0.392 e. The first-order chi connectivity index (χ1) is 7.39. The van der Waals surface area contributed by atoms with Crippen molar-refractivity contribution in [3.63, 3.8) is 0 Å². The zero-order valence-corrected chi connectivity index (χ0v) is 11.3. The van der Waals surface area contributed by atoms with Crippen molar-refractivity contribution in [3.8, 4) is 0 Å². The molecule has 1 fully saturated rings. The summed E-state index contributed by atoms with van der Waals surface area (Å²) in [5.74, 6) is 0.712. The molecule has 3 heteroatoms. The van der Waals surface area contributed by atoms with Crippen LogP contribution in [-0.2, 0) is 0 Å². The van der Waals surface area contributed by atoms with Crippen molar-refractivity contribution in [2.75, 3.05) is 32.7 Å². The molecule has 16 heavy (non-hydrogen) atoms. The maximum Gasteiger partial charge on any atom is 0.0679 e. The van der Waals surface area contributed by atoms with E-state index in [0.717, 1.165) is 39.1 Å². The zero-order valence-electron chi connectivity index (χ0n) is 11.3. The number of aliphatic hydroxyl groups excluding tert-OH is 1. The van der Waals surface area contributed by atoms with E-state index in [9.17, 15) is 5.11 Å². The molecule has 1 aliphatic rings. The summed E-state index contributed by atoms with van der Waals surface area (Å²) in [4.78, 5) is 2.38. The lowest BCUT2D eigenvalue weighted by atomic mass is 9.92. The van der Waals surface area contributed by atoms with Gasteiger partial charge in [0.2, 0.25) is 0 Å². The van der Waals surface area contributed by atoms with Gasteiger partial charge in [0, 0.05) is 26.2 Å². The molecule has 0 spiro atoms. The Hall–Kier alpha value is -0.120. The summed E-state index contributed by atoms with van der Waals surface area (Å²) >= 11 is 0. The van der Waals surface area contributed by atoms with Crippen LogP contribution in [0.5, 0.6) is 0 Å². The molecule has 0 aliphatic carbocycles. The second-order valence-corrected chi connectivity index (χ2v) is 6.37. The van der Waals surface area contributed by atoms with Gasteiger partial charge < -0.3 is 15.3 Å². The Morgan fingerprint density at radius 3 is 2.62 bits per heavy atom. The van der Waals surface area contributed by atoms with Crippen LogP contribution in [0, 0.1) is 11.3 Å². The van der Waals surface area contributed by atoms with Crippen LogP contribution in [0.2, 0.25) is 0 Å². The Kier molecular flexibility index (Phi) is 5.22. The van der Waals surface area contributed by atoms with Crippen LogP contribution in [0.1, 0.15) is 34.1 Å². The van der Waals surface area contributed by atoms with E-state index in [2.05, 4.69) is 37.9 Å². The van der Waals surface area contributed by atoms with E-state index in [4.69, 9.17) is 0 Å². The highest BCUT2D eigenvalue weighted by Gasteiger charge is 2.26. The van der Waals surface area contributed by atoms with Crippen molar-refractivity contribution in [3.05, 3.63) is 0 Å². The number of hydrogen-bond acceptors (Lipinski definition) is 3. The average Bonchev–Trinajstić information content (AvgIpc) is 2.48. The molecular weight excluding hydrogens is 200 g/mol. The minimum atomic E-state index is -0.0978. The predicted molar refractivity (Wildman–Crippen MR) is 68.6 cm³/mol. The summed E-state index contributed by atoms with van der Waals surface area (Å²) in [6.45, 7) is 14.2. The summed E-state index contributed by atoms with van der Waals surface area (Å²) in [7, 11) is 0. The number of β-amino-alcohol motifs (C(OH)–C–C–N with tert-alkyl or cyclic N) is 1. The molecule has 1 atom stereocenters. The quantitative estimate of drug-likeness (QED) is 0.720. The van der Waals surface area contributed by atoms with Crippen molar-refractivity contribution in [2.24, 2.45) is 11.3 Å². The molecule has 1 aliphatic heterocycles. The molecule has 0 aromatic carbocycles. The van der Waals surface area contributed by atoms with Crippen molar-refractivity contribution < 1.29 is 5.11 Å². The lowest BCUT2D eigenvalue weighted by Crippen LogP contribution is -2.40. The molecule has 0 bridgehead atoms. The minimum absolute atomic E-state index is 0.0978. The number of hydrogen-bond donors (Lipinski definition) is 2. The van der Waals surface area contributed by atoms with Gasteiger partial charge >= 0.3 is 0 Å². The Labute approximate surface area is 100 Å². The first-order valence-electron chi connectivity index (χ1n) is 6.50. The van der Waals surface area contributed by atoms with Gasteiger partial charge in [-0.15, -0.1) is 0 Å². The topological polar surface area (TPSA) is 35.5 Å². The predicted octanol–water partition coefficient (Wildman–Crippen LogP) is 1.32. The highest BCUT2D eigenvalue weighted by Crippen LogP contribution is 2.19. The molecule has 1 heterocycles. The van der Waals surface area contributed by atoms with E-state index in [0.29, 0.717) is 11.3 Å². The van der Waals surface area contributed by atoms with Gasteiger partial charge in [-0.25, -0.2) is 0 Å². The van der Waals surface area contributed by atoms with Gasteiger partial charge in [0.1, 0.15) is 0 Å². The van der Waals surface area contributed by atoms with E-state index >= 15 is 0 Å². The molecule has 1 saturated heterocycles. The maximum absolute atomic E-state index is 9.49. The van der Waals surface area contributed by atoms with Gasteiger partial charge in [0.05, 0.1) is 6.10 Å². The van der Waals surface area contributed by atoms with E-state index in [1.165, 1.54) is 0 Å². The Morgan fingerprint density at radius 1 is 1.44 bits per heavy atom. The summed E-state index contributed by atoms with van der Waals surface area (Å²) < 4.78 is 0. The third-order valence-electron chi connectivity index (χ3n) is 3.06. The standard InChI is InChI=1S/C13H28N2O/c1-11(2)7-14-9-13(3,4)10-15-6-5-12(16)8-15/h11-12,14,16H,5-10H2,1-4H3. The molecule has 2 N–H and O–H groups in total. The van der Waals surface area contributed by atoms with Crippen LogP contribution in [0.15, 0.2) is 0 Å². The Bertz CT molecular complexity index is 204. The molecular formula is C13H28N2O. The normalized spacial score (nSPS) is 23.2. The van der Waals surface area contributed by atoms with E-state index in [1.54, 1.807) is 0 Å². The largest absolute Gasteiger partial charge is 0.392 e. The van der Waals surface area contributed by atoms with Gasteiger partial charge in [0.25, 0.3) is 0 Å². The number of aliphatic hydroxyl groups is 1. The van der Waals surface area contributed by atoms with Gasteiger partial charge in [-0.3, -0.25) is 0 Å². The van der Waals surface area contributed by atoms with Gasteiger partial charge in [-0.1, -0.05) is 27.7 Å². The first kappa shape index (κ1) is 13.9. The highest BCUT2D eigenvalue weighted by molar-refractivity contribution is 4.82. The molecule has 0 radical (unpaired) electrons. The number of nitrogens with zero attached hydrogens (tertiary/aromatic N) is 1. The monoisotopic (exact) mass is 228 g/mol. The number of nitrogens with one attached hydrogen (secondary N) is 1. The second-order valence-electron chi connectivity index (χ2n) is 6.37. The fraction of sp³-hybridized carbons (Fsp3) is 1.00. The van der Waals surface area contributed by atoms with Crippen molar-refractivity contribution in [1.82, 2.24) is 10.2 Å². The van der Waals surface area contributed by atoms with Crippen LogP contribution in [0.4, 0.5) is 0 Å². The van der Waals surface area contributed by atoms with Crippen LogP contribution < -0.4 is 5.32 Å². The fourth-order valence-electron chi connectivity index (χ4n) is 2.32. The number of rotatable bonds is 6. The summed E-state index contributed by atoms with van der Waals surface area (Å²) in [6.07, 6.45) is 0.842. The van der Waals surface area contributed by atoms with Gasteiger partial charge in [-0.2, -0.15) is 0 Å². The van der Waals surface area contributed by atoms with E-state index < -0.39 is 0 Å². The zero-order chi connectivity index (χ0) is 12.2. The van der Waals surface area contributed by atoms with Crippen LogP contribution in [-0.4, -0.2) is 48.8 Å². The lowest BCUT2D eigenvalue weighted by molar-refractivity contribution is 0.153. The summed E-state index contributed by atoms with van der Waals surface area (Å²) in [6, 6.07) is 0. The molecule has 1 unspecified atom stereocenters. The van der Waals surface area contributed by atoms with Crippen LogP contribution in [0.25, 0.3) is 0 Å². The smallest absolute Gasteiger partial charge is 0.0679 e. The second kappa shape index (κ2) is 5.99. The van der Waals surface area contributed by atoms with Gasteiger partial charge in [0.15, 0.2) is 0 Å². The highest BCUT2D eigenvalue weighted by atomic mass is 16.3. The van der Waals surface area contributed by atoms with E-state index in [-0.39, 0.29) is 6.10 Å². The number of likely N-dealkylation sites (tertiary alicyclic amines) is 1. The molecule has 0 saturated carbocycles. The summed E-state index contributed by atoms with van der Waals surface area (Å²) in [5.41, 5.74) is 0.291. The molecule has 1 rings (SSSR count). The third-order valence-corrected chi connectivity index (χ3v) is 3.06. The average molecular weight is 228 g/mol. The molecule has 96 valence electrons. The van der Waals surface area contributed by atoms with Crippen LogP contribution in [0.3, 0.4) is 0 Å². The Morgan fingerprint density at radius 2 is 2.12 bits per heavy atom. The van der Waals surface area contributed by atoms with Crippen molar-refractivity contribution in [2.45, 2.75) is 40.2 Å². The Balaban J connectivity index is 2.22. The van der Waals surface area contributed by atoms with E-state index in [1.807, 2.05) is 0 Å². The van der Waals surface area contributed by atoms with Crippen molar-refractivity contribution >= 4 is 0 Å². The van der Waals surface area contributed by atoms with Crippen molar-refractivity contribution in [1.29, 1.82) is 0 Å². The third kappa shape index (κ3) is 5.28. The lowest BCUT2D eigenvalue weighted by Gasteiger charge is -2.30. The van der Waals surface area contributed by atoms with Crippen LogP contribution >= 0.6 is 0 Å². The van der Waals surface area contributed by atoms with Gasteiger partial charge in [-0.05, 0) is 24.3 Å². The fourth-order valence-corrected chi connectivity index (χ4v) is 2.32. The maximum atomic E-state index is 9.49.